The second-order valence-electron chi connectivity index (χ2n) is 6.51. The Morgan fingerprint density at radius 2 is 2.15 bits per heavy atom. The van der Waals surface area contributed by atoms with E-state index in [0.29, 0.717) is 19.5 Å². The lowest BCUT2D eigenvalue weighted by Gasteiger charge is -2.22. The van der Waals surface area contributed by atoms with Crippen LogP contribution in [0.15, 0.2) is 41.5 Å². The van der Waals surface area contributed by atoms with Gasteiger partial charge < -0.3 is 20.1 Å². The number of para-hydroxylation sites is 1. The Hall–Kier alpha value is -1.74. The molecule has 8 heteroatoms. The third-order valence-electron chi connectivity index (χ3n) is 4.67. The molecule has 3 rings (SSSR count). The van der Waals surface area contributed by atoms with Crippen molar-refractivity contribution in [2.45, 2.75) is 18.9 Å². The maximum Gasteiger partial charge on any atom is 0.232 e. The average molecular weight is 502 g/mol. The molecule has 2 aromatic rings. The molecule has 1 aromatic carbocycles. The van der Waals surface area contributed by atoms with Crippen molar-refractivity contribution in [1.82, 2.24) is 14.8 Å². The number of nitrogens with one attached hydrogen (secondary N) is 2. The van der Waals surface area contributed by atoms with Crippen LogP contribution in [-0.4, -0.2) is 42.0 Å². The fraction of sp³-hybridized carbons (Fsp3) is 0.368. The number of aryl methyl sites for hydroxylation is 1. The van der Waals surface area contributed by atoms with Crippen LogP contribution < -0.4 is 10.6 Å². The maximum absolute atomic E-state index is 12.2. The van der Waals surface area contributed by atoms with E-state index in [1.54, 1.807) is 7.05 Å². The Balaban J connectivity index is 0.00000261. The molecule has 1 amide bonds. The van der Waals surface area contributed by atoms with Crippen LogP contribution in [0.3, 0.4) is 0 Å². The van der Waals surface area contributed by atoms with Crippen LogP contribution in [0.1, 0.15) is 23.6 Å². The Kier molecular flexibility index (Phi) is 7.55. The van der Waals surface area contributed by atoms with Gasteiger partial charge in [-0.25, -0.2) is 0 Å². The molecule has 0 saturated carbocycles. The van der Waals surface area contributed by atoms with Crippen molar-refractivity contribution >= 4 is 53.1 Å². The molecule has 146 valence electrons. The van der Waals surface area contributed by atoms with Crippen molar-refractivity contribution in [3.63, 3.8) is 0 Å². The average Bonchev–Trinajstić information content (AvgIpc) is 3.09. The van der Waals surface area contributed by atoms with Crippen LogP contribution in [0.5, 0.6) is 0 Å². The van der Waals surface area contributed by atoms with Crippen molar-refractivity contribution in [2.24, 2.45) is 12.0 Å². The monoisotopic (exact) mass is 501 g/mol. The molecule has 0 fully saturated rings. The second-order valence-corrected chi connectivity index (χ2v) is 6.94. The van der Waals surface area contributed by atoms with E-state index < -0.39 is 0 Å². The number of carbonyl (C=O) groups excluding carboxylic acids is 1. The number of amides is 1. The molecular formula is C19H25ClIN5O. The van der Waals surface area contributed by atoms with Crippen LogP contribution in [0.25, 0.3) is 0 Å². The Morgan fingerprint density at radius 3 is 2.81 bits per heavy atom. The number of halogens is 2. The van der Waals surface area contributed by atoms with Gasteiger partial charge in [0, 0.05) is 45.3 Å². The quantitative estimate of drug-likeness (QED) is 0.375. The Labute approximate surface area is 182 Å². The molecule has 1 aliphatic heterocycles. The van der Waals surface area contributed by atoms with Gasteiger partial charge in [-0.1, -0.05) is 29.8 Å². The first-order valence-electron chi connectivity index (χ1n) is 8.62. The van der Waals surface area contributed by atoms with E-state index in [0.717, 1.165) is 27.9 Å². The summed E-state index contributed by atoms with van der Waals surface area (Å²) in [5.74, 6) is 0.734. The number of rotatable bonds is 5. The molecule has 6 nitrogen and oxygen atoms in total. The van der Waals surface area contributed by atoms with Crippen LogP contribution in [0.4, 0.5) is 5.69 Å². The summed E-state index contributed by atoms with van der Waals surface area (Å²) in [6.07, 6.45) is 2.60. The minimum Gasteiger partial charge on any atom is -0.356 e. The summed E-state index contributed by atoms with van der Waals surface area (Å²) < 4.78 is 2.01. The van der Waals surface area contributed by atoms with Crippen molar-refractivity contribution in [2.75, 3.05) is 26.0 Å². The highest BCUT2D eigenvalue weighted by atomic mass is 127. The number of anilines is 1. The van der Waals surface area contributed by atoms with E-state index >= 15 is 0 Å². The lowest BCUT2D eigenvalue weighted by Crippen LogP contribution is -2.39. The SMILES string of the molecule is CN=C(NCCC1C(=O)Nc2ccccc21)N(C)Cc1cc(Cl)cn1C.I. The summed E-state index contributed by atoms with van der Waals surface area (Å²) in [6.45, 7) is 1.35. The molecule has 1 aliphatic rings. The van der Waals surface area contributed by atoms with E-state index in [2.05, 4.69) is 15.6 Å². The molecule has 0 spiro atoms. The number of aromatic nitrogens is 1. The summed E-state index contributed by atoms with van der Waals surface area (Å²) in [4.78, 5) is 18.6. The normalized spacial score (nSPS) is 15.8. The summed E-state index contributed by atoms with van der Waals surface area (Å²) in [7, 11) is 5.71. The van der Waals surface area contributed by atoms with Crippen LogP contribution in [-0.2, 0) is 18.4 Å². The number of nitrogens with zero attached hydrogens (tertiary/aromatic N) is 3. The molecular weight excluding hydrogens is 477 g/mol. The van der Waals surface area contributed by atoms with Crippen molar-refractivity contribution in [1.29, 1.82) is 0 Å². The number of guanidine groups is 1. The molecule has 0 saturated heterocycles. The number of hydrogen-bond donors (Lipinski definition) is 2. The van der Waals surface area contributed by atoms with Gasteiger partial charge in [-0.3, -0.25) is 9.79 Å². The first-order chi connectivity index (χ1) is 12.5. The van der Waals surface area contributed by atoms with Crippen LogP contribution in [0.2, 0.25) is 5.02 Å². The second kappa shape index (κ2) is 9.45. The van der Waals surface area contributed by atoms with Crippen molar-refractivity contribution < 1.29 is 4.79 Å². The molecule has 1 aromatic heterocycles. The zero-order chi connectivity index (χ0) is 18.7. The van der Waals surface area contributed by atoms with Crippen LogP contribution >= 0.6 is 35.6 Å². The predicted octanol–water partition coefficient (Wildman–Crippen LogP) is 3.43. The molecule has 0 bridgehead atoms. The van der Waals surface area contributed by atoms with Gasteiger partial charge in [0.1, 0.15) is 0 Å². The number of carbonyl (C=O) groups is 1. The molecule has 2 heterocycles. The standard InChI is InChI=1S/C19H24ClN5O.HI/c1-21-19(25(3)12-14-10-13(20)11-24(14)2)22-9-8-16-15-6-4-5-7-17(15)23-18(16)26;/h4-7,10-11,16H,8-9,12H2,1-3H3,(H,21,22)(H,23,26);1H. The minimum absolute atomic E-state index is 0. The van der Waals surface area contributed by atoms with Gasteiger partial charge >= 0.3 is 0 Å². The van der Waals surface area contributed by atoms with Crippen molar-refractivity contribution in [3.05, 3.63) is 52.8 Å². The molecule has 1 unspecified atom stereocenters. The summed E-state index contributed by atoms with van der Waals surface area (Å²) in [5, 5.41) is 7.02. The predicted molar refractivity (Wildman–Crippen MR) is 121 cm³/mol. The van der Waals surface area contributed by atoms with E-state index in [1.165, 1.54) is 0 Å². The molecule has 1 atom stereocenters. The molecule has 2 N–H and O–H groups in total. The lowest BCUT2D eigenvalue weighted by atomic mass is 9.97. The van der Waals surface area contributed by atoms with Gasteiger partial charge in [-0.05, 0) is 24.1 Å². The molecule has 0 aliphatic carbocycles. The number of benzene rings is 1. The van der Waals surface area contributed by atoms with E-state index in [9.17, 15) is 4.79 Å². The van der Waals surface area contributed by atoms with Gasteiger partial charge in [0.2, 0.25) is 5.91 Å². The topological polar surface area (TPSA) is 61.7 Å². The minimum atomic E-state index is -0.117. The van der Waals surface area contributed by atoms with E-state index in [4.69, 9.17) is 11.6 Å². The Bertz CT molecular complexity index is 835. The van der Waals surface area contributed by atoms with Gasteiger partial charge in [0.05, 0.1) is 17.5 Å². The van der Waals surface area contributed by atoms with Gasteiger partial charge in [0.15, 0.2) is 5.96 Å². The maximum atomic E-state index is 12.2. The van der Waals surface area contributed by atoms with Gasteiger partial charge in [-0.2, -0.15) is 0 Å². The molecule has 0 radical (unpaired) electrons. The Morgan fingerprint density at radius 1 is 1.41 bits per heavy atom. The number of hydrogen-bond acceptors (Lipinski definition) is 2. The zero-order valence-electron chi connectivity index (χ0n) is 15.7. The van der Waals surface area contributed by atoms with Crippen LogP contribution in [0, 0.1) is 0 Å². The fourth-order valence-corrected chi connectivity index (χ4v) is 3.59. The highest BCUT2D eigenvalue weighted by Crippen LogP contribution is 2.33. The smallest absolute Gasteiger partial charge is 0.232 e. The molecule has 27 heavy (non-hydrogen) atoms. The van der Waals surface area contributed by atoms with Gasteiger partial charge in [0.25, 0.3) is 0 Å². The van der Waals surface area contributed by atoms with Gasteiger partial charge in [-0.15, -0.1) is 24.0 Å². The fourth-order valence-electron chi connectivity index (χ4n) is 3.32. The zero-order valence-corrected chi connectivity index (χ0v) is 18.8. The first-order valence-corrected chi connectivity index (χ1v) is 8.99. The summed E-state index contributed by atoms with van der Waals surface area (Å²) in [6, 6.07) is 9.81. The number of aliphatic imine (C=N–C) groups is 1. The summed E-state index contributed by atoms with van der Waals surface area (Å²) >= 11 is 6.05. The van der Waals surface area contributed by atoms with Crippen molar-refractivity contribution in [3.8, 4) is 0 Å². The largest absolute Gasteiger partial charge is 0.356 e. The number of fused-ring (bicyclic) bond motifs is 1. The highest BCUT2D eigenvalue weighted by molar-refractivity contribution is 14.0. The van der Waals surface area contributed by atoms with E-state index in [-0.39, 0.29) is 35.8 Å². The summed E-state index contributed by atoms with van der Waals surface area (Å²) in [5.41, 5.74) is 3.09. The lowest BCUT2D eigenvalue weighted by molar-refractivity contribution is -0.117. The highest BCUT2D eigenvalue weighted by Gasteiger charge is 2.29. The third kappa shape index (κ3) is 4.95. The first kappa shape index (κ1) is 21.6. The van der Waals surface area contributed by atoms with E-state index in [1.807, 2.05) is 60.1 Å². The third-order valence-corrected chi connectivity index (χ3v) is 4.88.